The van der Waals surface area contributed by atoms with Crippen LogP contribution in [0.25, 0.3) is 22.0 Å². The van der Waals surface area contributed by atoms with E-state index in [2.05, 4.69) is 74.3 Å². The standard InChI is InChI=1S/C20H21N/c1-4-15-8-10-16(11-9-15)20-12-17-6-5-7-18(14(2)3)19(17)13-21-20/h5-14H,4H2,1-3H3. The number of fused-ring (bicyclic) bond motifs is 1. The molecule has 1 nitrogen and oxygen atoms in total. The predicted molar refractivity (Wildman–Crippen MR) is 90.6 cm³/mol. The fourth-order valence-corrected chi connectivity index (χ4v) is 2.77. The first-order chi connectivity index (χ1) is 10.2. The Morgan fingerprint density at radius 1 is 1.00 bits per heavy atom. The molecule has 1 aromatic heterocycles. The highest BCUT2D eigenvalue weighted by Gasteiger charge is 2.07. The number of nitrogens with zero attached hydrogens (tertiary/aromatic N) is 1. The lowest BCUT2D eigenvalue weighted by atomic mass is 9.96. The van der Waals surface area contributed by atoms with E-state index in [0.29, 0.717) is 5.92 Å². The van der Waals surface area contributed by atoms with E-state index in [1.54, 1.807) is 0 Å². The summed E-state index contributed by atoms with van der Waals surface area (Å²) in [6.07, 6.45) is 3.09. The van der Waals surface area contributed by atoms with Gasteiger partial charge in [0.05, 0.1) is 5.69 Å². The summed E-state index contributed by atoms with van der Waals surface area (Å²) in [5, 5.41) is 2.53. The van der Waals surface area contributed by atoms with E-state index in [4.69, 9.17) is 0 Å². The Balaban J connectivity index is 2.08. The van der Waals surface area contributed by atoms with E-state index in [9.17, 15) is 0 Å². The summed E-state index contributed by atoms with van der Waals surface area (Å²) >= 11 is 0. The maximum absolute atomic E-state index is 4.68. The summed E-state index contributed by atoms with van der Waals surface area (Å²) in [4.78, 5) is 4.68. The molecule has 1 heteroatoms. The summed E-state index contributed by atoms with van der Waals surface area (Å²) in [7, 11) is 0. The van der Waals surface area contributed by atoms with Gasteiger partial charge in [0.1, 0.15) is 0 Å². The zero-order valence-corrected chi connectivity index (χ0v) is 12.9. The van der Waals surface area contributed by atoms with Crippen LogP contribution in [0.15, 0.2) is 54.7 Å². The lowest BCUT2D eigenvalue weighted by molar-refractivity contribution is 0.876. The number of rotatable bonds is 3. The average Bonchev–Trinajstić information content (AvgIpc) is 2.53. The normalized spacial score (nSPS) is 11.2. The predicted octanol–water partition coefficient (Wildman–Crippen LogP) is 5.59. The van der Waals surface area contributed by atoms with Gasteiger partial charge in [-0.05, 0) is 34.9 Å². The van der Waals surface area contributed by atoms with Gasteiger partial charge in [-0.2, -0.15) is 0 Å². The number of hydrogen-bond donors (Lipinski definition) is 0. The molecule has 3 rings (SSSR count). The molecule has 0 aliphatic heterocycles. The van der Waals surface area contributed by atoms with Gasteiger partial charge in [-0.25, -0.2) is 0 Å². The second-order valence-electron chi connectivity index (χ2n) is 5.84. The zero-order chi connectivity index (χ0) is 14.8. The van der Waals surface area contributed by atoms with Crippen molar-refractivity contribution in [3.63, 3.8) is 0 Å². The molecule has 3 aromatic rings. The molecule has 1 heterocycles. The summed E-state index contributed by atoms with van der Waals surface area (Å²) < 4.78 is 0. The van der Waals surface area contributed by atoms with E-state index in [1.165, 1.54) is 27.5 Å². The Morgan fingerprint density at radius 3 is 2.43 bits per heavy atom. The molecule has 0 bridgehead atoms. The van der Waals surface area contributed by atoms with Crippen LogP contribution < -0.4 is 0 Å². The quantitative estimate of drug-likeness (QED) is 0.607. The van der Waals surface area contributed by atoms with Crippen molar-refractivity contribution in [2.75, 3.05) is 0 Å². The lowest BCUT2D eigenvalue weighted by Crippen LogP contribution is -1.91. The van der Waals surface area contributed by atoms with Gasteiger partial charge in [0.25, 0.3) is 0 Å². The smallest absolute Gasteiger partial charge is 0.0708 e. The number of aryl methyl sites for hydroxylation is 1. The van der Waals surface area contributed by atoms with Crippen LogP contribution in [0.3, 0.4) is 0 Å². The molecular weight excluding hydrogens is 254 g/mol. The Kier molecular flexibility index (Phi) is 3.74. The highest BCUT2D eigenvalue weighted by atomic mass is 14.7. The Hall–Kier alpha value is -2.15. The molecule has 0 amide bonds. The van der Waals surface area contributed by atoms with Crippen molar-refractivity contribution in [3.05, 3.63) is 65.9 Å². The highest BCUT2D eigenvalue weighted by molar-refractivity contribution is 5.88. The minimum absolute atomic E-state index is 0.519. The van der Waals surface area contributed by atoms with Gasteiger partial charge in [0, 0.05) is 17.1 Å². The highest BCUT2D eigenvalue weighted by Crippen LogP contribution is 2.28. The third-order valence-corrected chi connectivity index (χ3v) is 4.08. The first-order valence-corrected chi connectivity index (χ1v) is 7.67. The van der Waals surface area contributed by atoms with E-state index >= 15 is 0 Å². The molecule has 0 fully saturated rings. The molecule has 0 radical (unpaired) electrons. The van der Waals surface area contributed by atoms with Gasteiger partial charge in [0.15, 0.2) is 0 Å². The van der Waals surface area contributed by atoms with E-state index in [1.807, 2.05) is 6.20 Å². The van der Waals surface area contributed by atoms with Crippen LogP contribution in [0.4, 0.5) is 0 Å². The van der Waals surface area contributed by atoms with Gasteiger partial charge in [-0.1, -0.05) is 63.2 Å². The maximum Gasteiger partial charge on any atom is 0.0708 e. The molecule has 106 valence electrons. The zero-order valence-electron chi connectivity index (χ0n) is 12.9. The SMILES string of the molecule is CCc1ccc(-c2cc3cccc(C(C)C)c3cn2)cc1. The maximum atomic E-state index is 4.68. The monoisotopic (exact) mass is 275 g/mol. The van der Waals surface area contributed by atoms with Crippen LogP contribution >= 0.6 is 0 Å². The molecule has 0 spiro atoms. The fourth-order valence-electron chi connectivity index (χ4n) is 2.77. The molecule has 2 aromatic carbocycles. The van der Waals surface area contributed by atoms with Crippen molar-refractivity contribution in [2.24, 2.45) is 0 Å². The van der Waals surface area contributed by atoms with Crippen LogP contribution in [0.2, 0.25) is 0 Å². The van der Waals surface area contributed by atoms with Gasteiger partial charge in [-0.15, -0.1) is 0 Å². The molecule has 0 N–H and O–H groups in total. The Labute approximate surface area is 126 Å². The van der Waals surface area contributed by atoms with Crippen LogP contribution in [-0.2, 0) is 6.42 Å². The van der Waals surface area contributed by atoms with Gasteiger partial charge in [-0.3, -0.25) is 4.98 Å². The number of hydrogen-bond acceptors (Lipinski definition) is 1. The molecule has 0 aliphatic rings. The second-order valence-corrected chi connectivity index (χ2v) is 5.84. The minimum Gasteiger partial charge on any atom is -0.256 e. The Morgan fingerprint density at radius 2 is 1.76 bits per heavy atom. The molecule has 0 atom stereocenters. The lowest BCUT2D eigenvalue weighted by Gasteiger charge is -2.11. The summed E-state index contributed by atoms with van der Waals surface area (Å²) in [6.45, 7) is 6.63. The van der Waals surface area contributed by atoms with Crippen molar-refractivity contribution in [1.82, 2.24) is 4.98 Å². The topological polar surface area (TPSA) is 12.9 Å². The average molecular weight is 275 g/mol. The molecule has 21 heavy (non-hydrogen) atoms. The summed E-state index contributed by atoms with van der Waals surface area (Å²) in [5.41, 5.74) is 4.96. The largest absolute Gasteiger partial charge is 0.256 e. The van der Waals surface area contributed by atoms with Gasteiger partial charge in [0.2, 0.25) is 0 Å². The van der Waals surface area contributed by atoms with E-state index in [-0.39, 0.29) is 0 Å². The molecular formula is C20H21N. The minimum atomic E-state index is 0.519. The fraction of sp³-hybridized carbons (Fsp3) is 0.250. The van der Waals surface area contributed by atoms with Crippen molar-refractivity contribution >= 4 is 10.8 Å². The molecule has 0 unspecified atom stereocenters. The first-order valence-electron chi connectivity index (χ1n) is 7.67. The van der Waals surface area contributed by atoms with Crippen molar-refractivity contribution < 1.29 is 0 Å². The summed E-state index contributed by atoms with van der Waals surface area (Å²) in [6, 6.07) is 17.4. The third-order valence-electron chi connectivity index (χ3n) is 4.08. The third kappa shape index (κ3) is 2.69. The molecule has 0 saturated carbocycles. The van der Waals surface area contributed by atoms with Crippen LogP contribution in [0, 0.1) is 0 Å². The van der Waals surface area contributed by atoms with Gasteiger partial charge >= 0.3 is 0 Å². The Bertz CT molecular complexity index is 754. The number of aromatic nitrogens is 1. The van der Waals surface area contributed by atoms with E-state index in [0.717, 1.165) is 12.1 Å². The van der Waals surface area contributed by atoms with E-state index < -0.39 is 0 Å². The summed E-state index contributed by atoms with van der Waals surface area (Å²) in [5.74, 6) is 0.519. The first kappa shape index (κ1) is 13.8. The number of benzene rings is 2. The number of pyridine rings is 1. The molecule has 0 aliphatic carbocycles. The van der Waals surface area contributed by atoms with Crippen LogP contribution in [0.5, 0.6) is 0 Å². The van der Waals surface area contributed by atoms with Crippen molar-refractivity contribution in [2.45, 2.75) is 33.1 Å². The van der Waals surface area contributed by atoms with Crippen LogP contribution in [0.1, 0.15) is 37.8 Å². The van der Waals surface area contributed by atoms with Crippen molar-refractivity contribution in [1.29, 1.82) is 0 Å². The molecule has 0 saturated heterocycles. The van der Waals surface area contributed by atoms with Crippen molar-refractivity contribution in [3.8, 4) is 11.3 Å². The second kappa shape index (κ2) is 5.69. The van der Waals surface area contributed by atoms with Gasteiger partial charge < -0.3 is 0 Å². The van der Waals surface area contributed by atoms with Crippen LogP contribution in [-0.4, -0.2) is 4.98 Å².